The third kappa shape index (κ3) is 6.31. The van der Waals surface area contributed by atoms with Crippen LogP contribution in [0.4, 0.5) is 5.69 Å². The van der Waals surface area contributed by atoms with E-state index in [4.69, 9.17) is 4.74 Å². The summed E-state index contributed by atoms with van der Waals surface area (Å²) < 4.78 is 32.8. The van der Waals surface area contributed by atoms with E-state index in [1.165, 1.54) is 0 Å². The second-order valence-corrected chi connectivity index (χ2v) is 10.2. The van der Waals surface area contributed by atoms with Gasteiger partial charge in [0.2, 0.25) is 15.9 Å². The van der Waals surface area contributed by atoms with Gasteiger partial charge in [0.05, 0.1) is 10.9 Å². The highest BCUT2D eigenvalue weighted by Crippen LogP contribution is 2.22. The summed E-state index contributed by atoms with van der Waals surface area (Å²) in [4.78, 5) is 14.8. The summed E-state index contributed by atoms with van der Waals surface area (Å²) in [7, 11) is -1.60. The zero-order valence-corrected chi connectivity index (χ0v) is 19.9. The van der Waals surface area contributed by atoms with Gasteiger partial charge in [0.25, 0.3) is 0 Å². The van der Waals surface area contributed by atoms with Crippen LogP contribution in [0.2, 0.25) is 0 Å². The van der Waals surface area contributed by atoms with E-state index >= 15 is 0 Å². The van der Waals surface area contributed by atoms with Crippen LogP contribution in [0.3, 0.4) is 0 Å². The quantitative estimate of drug-likeness (QED) is 0.621. The predicted molar refractivity (Wildman–Crippen MR) is 126 cm³/mol. The van der Waals surface area contributed by atoms with Crippen LogP contribution in [0.1, 0.15) is 31.7 Å². The van der Waals surface area contributed by atoms with Gasteiger partial charge in [-0.2, -0.15) is 4.31 Å². The summed E-state index contributed by atoms with van der Waals surface area (Å²) >= 11 is 0. The molecule has 0 bridgehead atoms. The molecular weight excluding hydrogens is 426 g/mol. The number of nitrogens with one attached hydrogen (secondary N) is 1. The number of rotatable bonds is 9. The van der Waals surface area contributed by atoms with Gasteiger partial charge in [0.1, 0.15) is 12.4 Å². The number of aryl methyl sites for hydroxylation is 1. The molecule has 0 saturated carbocycles. The number of ether oxygens (including phenoxy) is 1. The molecule has 0 spiro atoms. The lowest BCUT2D eigenvalue weighted by Gasteiger charge is -2.26. The zero-order chi connectivity index (χ0) is 23.1. The minimum Gasteiger partial charge on any atom is -0.492 e. The summed E-state index contributed by atoms with van der Waals surface area (Å²) in [6.45, 7) is 6.05. The van der Waals surface area contributed by atoms with Gasteiger partial charge >= 0.3 is 0 Å². The molecule has 1 saturated heterocycles. The van der Waals surface area contributed by atoms with Crippen molar-refractivity contribution in [2.75, 3.05) is 38.6 Å². The largest absolute Gasteiger partial charge is 0.492 e. The van der Waals surface area contributed by atoms with E-state index in [0.717, 1.165) is 30.6 Å². The molecule has 0 aliphatic carbocycles. The van der Waals surface area contributed by atoms with Crippen molar-refractivity contribution in [1.82, 2.24) is 9.21 Å². The number of anilines is 1. The number of carbonyl (C=O) groups excluding carboxylic acids is 1. The van der Waals surface area contributed by atoms with Crippen LogP contribution in [0.25, 0.3) is 0 Å². The first-order valence-corrected chi connectivity index (χ1v) is 12.5. The molecule has 2 aromatic carbocycles. The van der Waals surface area contributed by atoms with Crippen LogP contribution in [-0.4, -0.2) is 62.9 Å². The molecule has 1 aliphatic heterocycles. The van der Waals surface area contributed by atoms with Gasteiger partial charge in [0.15, 0.2) is 0 Å². The molecule has 0 radical (unpaired) electrons. The highest BCUT2D eigenvalue weighted by atomic mass is 32.2. The van der Waals surface area contributed by atoms with Gasteiger partial charge in [-0.1, -0.05) is 18.6 Å². The number of amides is 1. The minimum absolute atomic E-state index is 0.158. The van der Waals surface area contributed by atoms with Gasteiger partial charge in [-0.15, -0.1) is 0 Å². The Labute approximate surface area is 191 Å². The number of benzene rings is 2. The maximum absolute atomic E-state index is 12.8. The lowest BCUT2D eigenvalue weighted by Crippen LogP contribution is -2.41. The highest BCUT2D eigenvalue weighted by Gasteiger charge is 2.26. The number of sulfonamides is 1. The van der Waals surface area contributed by atoms with E-state index in [1.54, 1.807) is 28.6 Å². The Hall–Kier alpha value is -2.42. The van der Waals surface area contributed by atoms with E-state index in [-0.39, 0.29) is 16.8 Å². The van der Waals surface area contributed by atoms with Crippen molar-refractivity contribution in [3.63, 3.8) is 0 Å². The average molecular weight is 460 g/mol. The molecule has 1 atom stereocenters. The van der Waals surface area contributed by atoms with Gasteiger partial charge in [0, 0.05) is 25.3 Å². The second kappa shape index (κ2) is 10.9. The first-order chi connectivity index (χ1) is 15.3. The fourth-order valence-electron chi connectivity index (χ4n) is 3.62. The molecule has 0 aromatic heterocycles. The topological polar surface area (TPSA) is 79.0 Å². The number of likely N-dealkylation sites (N-methyl/N-ethyl adjacent to an activating group) is 1. The van der Waals surface area contributed by atoms with Crippen molar-refractivity contribution in [1.29, 1.82) is 0 Å². The molecule has 7 nitrogen and oxygen atoms in total. The number of hydrogen-bond acceptors (Lipinski definition) is 5. The fraction of sp³-hybridized carbons (Fsp3) is 0.458. The molecule has 1 amide bonds. The van der Waals surface area contributed by atoms with Crippen LogP contribution in [0.5, 0.6) is 5.75 Å². The van der Waals surface area contributed by atoms with Gasteiger partial charge < -0.3 is 10.1 Å². The molecule has 8 heteroatoms. The van der Waals surface area contributed by atoms with E-state index in [2.05, 4.69) is 5.32 Å². The minimum atomic E-state index is -3.47. The predicted octanol–water partition coefficient (Wildman–Crippen LogP) is 3.51. The van der Waals surface area contributed by atoms with Crippen LogP contribution in [0, 0.1) is 6.92 Å². The molecule has 1 N–H and O–H groups in total. The molecule has 1 fully saturated rings. The monoisotopic (exact) mass is 459 g/mol. The maximum atomic E-state index is 12.8. The Morgan fingerprint density at radius 3 is 2.47 bits per heavy atom. The molecule has 32 heavy (non-hydrogen) atoms. The molecule has 2 aromatic rings. The summed E-state index contributed by atoms with van der Waals surface area (Å²) in [5, 5.41) is 2.87. The number of hydrogen-bond donors (Lipinski definition) is 1. The smallest absolute Gasteiger partial charge is 0.243 e. The van der Waals surface area contributed by atoms with Crippen molar-refractivity contribution in [2.45, 2.75) is 44.0 Å². The van der Waals surface area contributed by atoms with E-state index in [1.807, 2.05) is 50.1 Å². The molecule has 1 unspecified atom stereocenters. The first-order valence-electron chi connectivity index (χ1n) is 11.1. The van der Waals surface area contributed by atoms with Gasteiger partial charge in [-0.25, -0.2) is 8.42 Å². The SMILES string of the molecule is Cc1cccc(OCCN(C)C(C)C(=O)Nc2ccc(S(=O)(=O)N3CCCCC3)cc2)c1. The Bertz CT molecular complexity index is 1000. The molecule has 174 valence electrons. The molecule has 1 heterocycles. The summed E-state index contributed by atoms with van der Waals surface area (Å²) in [6, 6.07) is 13.9. The Balaban J connectivity index is 1.50. The normalized spacial score (nSPS) is 16.0. The van der Waals surface area contributed by atoms with Crippen molar-refractivity contribution in [3.05, 3.63) is 54.1 Å². The number of nitrogens with zero attached hydrogens (tertiary/aromatic N) is 2. The summed E-state index contributed by atoms with van der Waals surface area (Å²) in [5.74, 6) is 0.657. The standard InChI is InChI=1S/C24H33N3O4S/c1-19-8-7-9-22(18-19)31-17-16-26(3)20(2)24(28)25-21-10-12-23(13-11-21)32(29,30)27-14-5-4-6-15-27/h7-13,18,20H,4-6,14-17H2,1-3H3,(H,25,28). The van der Waals surface area contributed by atoms with Gasteiger partial charge in [-0.3, -0.25) is 9.69 Å². The molecular formula is C24H33N3O4S. The second-order valence-electron chi connectivity index (χ2n) is 8.30. The lowest BCUT2D eigenvalue weighted by atomic mass is 10.2. The van der Waals surface area contributed by atoms with Crippen LogP contribution >= 0.6 is 0 Å². The fourth-order valence-corrected chi connectivity index (χ4v) is 5.13. The van der Waals surface area contributed by atoms with Crippen molar-refractivity contribution in [2.24, 2.45) is 0 Å². The number of piperidine rings is 1. The molecule has 3 rings (SSSR count). The first kappa shape index (κ1) is 24.2. The molecule has 1 aliphatic rings. The van der Waals surface area contributed by atoms with Crippen molar-refractivity contribution in [3.8, 4) is 5.75 Å². The van der Waals surface area contributed by atoms with Crippen molar-refractivity contribution >= 4 is 21.6 Å². The average Bonchev–Trinajstić information content (AvgIpc) is 2.79. The lowest BCUT2D eigenvalue weighted by molar-refractivity contribution is -0.120. The van der Waals surface area contributed by atoms with E-state index in [9.17, 15) is 13.2 Å². The van der Waals surface area contributed by atoms with E-state index in [0.29, 0.717) is 31.9 Å². The van der Waals surface area contributed by atoms with Gasteiger partial charge in [-0.05, 0) is 75.7 Å². The van der Waals surface area contributed by atoms with Crippen LogP contribution in [-0.2, 0) is 14.8 Å². The van der Waals surface area contributed by atoms with Crippen LogP contribution < -0.4 is 10.1 Å². The third-order valence-electron chi connectivity index (χ3n) is 5.82. The van der Waals surface area contributed by atoms with E-state index < -0.39 is 10.0 Å². The number of carbonyl (C=O) groups is 1. The Morgan fingerprint density at radius 2 is 1.81 bits per heavy atom. The van der Waals surface area contributed by atoms with Crippen LogP contribution in [0.15, 0.2) is 53.4 Å². The highest BCUT2D eigenvalue weighted by molar-refractivity contribution is 7.89. The summed E-state index contributed by atoms with van der Waals surface area (Å²) in [6.07, 6.45) is 2.87. The Kier molecular flexibility index (Phi) is 8.28. The zero-order valence-electron chi connectivity index (χ0n) is 19.1. The summed E-state index contributed by atoms with van der Waals surface area (Å²) in [5.41, 5.74) is 1.71. The Morgan fingerprint density at radius 1 is 1.12 bits per heavy atom. The van der Waals surface area contributed by atoms with Crippen molar-refractivity contribution < 1.29 is 17.9 Å². The third-order valence-corrected chi connectivity index (χ3v) is 7.73. The maximum Gasteiger partial charge on any atom is 0.243 e.